The average molecular weight is 420 g/mol. The Morgan fingerprint density at radius 1 is 1.13 bits per heavy atom. The SMILES string of the molecule is CN1CCN(CCNC(=S)Nc2c(Cl)cccc2Cl)CC1.Cl.Cl. The van der Waals surface area contributed by atoms with Gasteiger partial charge in [0.1, 0.15) is 0 Å². The van der Waals surface area contributed by atoms with Crippen molar-refractivity contribution in [3.05, 3.63) is 28.2 Å². The van der Waals surface area contributed by atoms with Crippen LogP contribution in [0.4, 0.5) is 5.69 Å². The van der Waals surface area contributed by atoms with Crippen LogP contribution in [0.1, 0.15) is 0 Å². The van der Waals surface area contributed by atoms with Gasteiger partial charge in [0.15, 0.2) is 5.11 Å². The first kappa shape index (κ1) is 23.0. The van der Waals surface area contributed by atoms with Crippen molar-refractivity contribution < 1.29 is 0 Å². The lowest BCUT2D eigenvalue weighted by molar-refractivity contribution is 0.156. The molecule has 0 spiro atoms. The van der Waals surface area contributed by atoms with Gasteiger partial charge < -0.3 is 15.5 Å². The molecule has 1 aromatic rings. The standard InChI is InChI=1S/C14H20Cl2N4S.2ClH/c1-19-7-9-20(10-8-19)6-5-17-14(21)18-13-11(15)3-2-4-12(13)16;;/h2-4H,5-10H2,1H3,(H2,17,18,21);2*1H. The molecule has 1 saturated heterocycles. The van der Waals surface area contributed by atoms with E-state index in [9.17, 15) is 0 Å². The summed E-state index contributed by atoms with van der Waals surface area (Å²) in [6, 6.07) is 5.37. The molecule has 0 unspecified atom stereocenters. The summed E-state index contributed by atoms with van der Waals surface area (Å²) in [5.41, 5.74) is 0.651. The molecule has 2 N–H and O–H groups in total. The number of rotatable bonds is 4. The number of para-hydroxylation sites is 1. The fraction of sp³-hybridized carbons (Fsp3) is 0.500. The third-order valence-corrected chi connectivity index (χ3v) is 4.39. The fourth-order valence-corrected chi connectivity index (χ4v) is 2.87. The molecule has 0 bridgehead atoms. The molecule has 2 rings (SSSR count). The van der Waals surface area contributed by atoms with Crippen LogP contribution in [0, 0.1) is 0 Å². The quantitative estimate of drug-likeness (QED) is 0.730. The van der Waals surface area contributed by atoms with E-state index < -0.39 is 0 Å². The molecule has 4 nitrogen and oxygen atoms in total. The van der Waals surface area contributed by atoms with Crippen LogP contribution >= 0.6 is 60.2 Å². The highest BCUT2D eigenvalue weighted by Gasteiger charge is 2.13. The number of nitrogens with one attached hydrogen (secondary N) is 2. The van der Waals surface area contributed by atoms with Crippen LogP contribution in [0.3, 0.4) is 0 Å². The summed E-state index contributed by atoms with van der Waals surface area (Å²) in [4.78, 5) is 4.77. The maximum Gasteiger partial charge on any atom is 0.170 e. The Balaban J connectivity index is 0.00000242. The molecule has 0 atom stereocenters. The predicted octanol–water partition coefficient (Wildman–Crippen LogP) is 3.37. The summed E-state index contributed by atoms with van der Waals surface area (Å²) in [6.07, 6.45) is 0. The summed E-state index contributed by atoms with van der Waals surface area (Å²) in [5, 5.41) is 7.91. The number of nitrogens with zero attached hydrogens (tertiary/aromatic N) is 2. The minimum atomic E-state index is 0. The Labute approximate surface area is 165 Å². The van der Waals surface area contributed by atoms with Crippen molar-refractivity contribution in [1.82, 2.24) is 15.1 Å². The average Bonchev–Trinajstić information content (AvgIpc) is 2.45. The topological polar surface area (TPSA) is 30.5 Å². The van der Waals surface area contributed by atoms with Gasteiger partial charge in [0, 0.05) is 39.3 Å². The van der Waals surface area contributed by atoms with E-state index in [-0.39, 0.29) is 24.8 Å². The lowest BCUT2D eigenvalue weighted by atomic mass is 10.3. The van der Waals surface area contributed by atoms with Crippen molar-refractivity contribution in [2.45, 2.75) is 0 Å². The van der Waals surface area contributed by atoms with Crippen LogP contribution in [0.25, 0.3) is 0 Å². The van der Waals surface area contributed by atoms with Crippen molar-refractivity contribution >= 4 is 71.0 Å². The Hall–Kier alpha value is -0.0100. The first-order valence-corrected chi connectivity index (χ1v) is 8.12. The number of likely N-dealkylation sites (N-methyl/N-ethyl adjacent to an activating group) is 1. The Bertz CT molecular complexity index is 475. The van der Waals surface area contributed by atoms with Crippen LogP contribution in [0.5, 0.6) is 0 Å². The number of benzene rings is 1. The smallest absolute Gasteiger partial charge is 0.170 e. The summed E-state index contributed by atoms with van der Waals surface area (Å²) in [6.45, 7) is 6.24. The van der Waals surface area contributed by atoms with Crippen molar-refractivity contribution in [2.24, 2.45) is 0 Å². The molecular formula is C14H22Cl4N4S. The van der Waals surface area contributed by atoms with Gasteiger partial charge in [-0.25, -0.2) is 0 Å². The molecule has 1 fully saturated rings. The van der Waals surface area contributed by atoms with Crippen LogP contribution in [-0.4, -0.2) is 61.2 Å². The van der Waals surface area contributed by atoms with Crippen LogP contribution in [0.15, 0.2) is 18.2 Å². The molecule has 1 aromatic carbocycles. The van der Waals surface area contributed by atoms with E-state index in [0.717, 1.165) is 39.3 Å². The van der Waals surface area contributed by atoms with Gasteiger partial charge in [-0.15, -0.1) is 24.8 Å². The second-order valence-corrected chi connectivity index (χ2v) is 6.35. The van der Waals surface area contributed by atoms with Gasteiger partial charge in [-0.05, 0) is 31.4 Å². The van der Waals surface area contributed by atoms with E-state index in [1.807, 2.05) is 0 Å². The number of hydrogen-bond acceptors (Lipinski definition) is 3. The minimum Gasteiger partial charge on any atom is -0.361 e. The van der Waals surface area contributed by atoms with E-state index in [1.54, 1.807) is 18.2 Å². The highest BCUT2D eigenvalue weighted by molar-refractivity contribution is 7.80. The van der Waals surface area contributed by atoms with Crippen molar-refractivity contribution in [3.63, 3.8) is 0 Å². The van der Waals surface area contributed by atoms with Crippen LogP contribution in [-0.2, 0) is 0 Å². The van der Waals surface area contributed by atoms with E-state index in [4.69, 9.17) is 35.4 Å². The molecular weight excluding hydrogens is 398 g/mol. The second-order valence-electron chi connectivity index (χ2n) is 5.12. The number of piperazine rings is 1. The Kier molecular flexibility index (Phi) is 11.5. The Morgan fingerprint density at radius 3 is 2.26 bits per heavy atom. The molecule has 1 heterocycles. The molecule has 0 aliphatic carbocycles. The van der Waals surface area contributed by atoms with Crippen molar-refractivity contribution in [1.29, 1.82) is 0 Å². The second kappa shape index (κ2) is 11.5. The maximum atomic E-state index is 6.10. The molecule has 1 aliphatic rings. The van der Waals surface area contributed by atoms with Gasteiger partial charge in [0.2, 0.25) is 0 Å². The minimum absolute atomic E-state index is 0. The van der Waals surface area contributed by atoms with E-state index >= 15 is 0 Å². The predicted molar refractivity (Wildman–Crippen MR) is 109 cm³/mol. The first-order valence-electron chi connectivity index (χ1n) is 6.96. The number of hydrogen-bond donors (Lipinski definition) is 2. The molecule has 132 valence electrons. The third kappa shape index (κ3) is 7.61. The molecule has 23 heavy (non-hydrogen) atoms. The van der Waals surface area contributed by atoms with Gasteiger partial charge in [-0.3, -0.25) is 4.90 Å². The summed E-state index contributed by atoms with van der Waals surface area (Å²) in [5.74, 6) is 0. The normalized spacial score (nSPS) is 15.3. The highest BCUT2D eigenvalue weighted by Crippen LogP contribution is 2.29. The third-order valence-electron chi connectivity index (χ3n) is 3.51. The summed E-state index contributed by atoms with van der Waals surface area (Å²) < 4.78 is 0. The van der Waals surface area contributed by atoms with Gasteiger partial charge in [0.05, 0.1) is 15.7 Å². The lowest BCUT2D eigenvalue weighted by Crippen LogP contribution is -2.47. The van der Waals surface area contributed by atoms with Gasteiger partial charge in [-0.1, -0.05) is 29.3 Å². The first-order chi connectivity index (χ1) is 10.1. The summed E-state index contributed by atoms with van der Waals surface area (Å²) in [7, 11) is 2.15. The highest BCUT2D eigenvalue weighted by atomic mass is 35.5. The number of anilines is 1. The monoisotopic (exact) mass is 418 g/mol. The van der Waals surface area contributed by atoms with Gasteiger partial charge in [-0.2, -0.15) is 0 Å². The van der Waals surface area contributed by atoms with E-state index in [1.165, 1.54) is 0 Å². The lowest BCUT2D eigenvalue weighted by Gasteiger charge is -2.32. The van der Waals surface area contributed by atoms with Crippen LogP contribution in [0.2, 0.25) is 10.0 Å². The number of thiocarbonyl (C=S) groups is 1. The van der Waals surface area contributed by atoms with E-state index in [0.29, 0.717) is 20.8 Å². The zero-order valence-corrected chi connectivity index (χ0v) is 16.8. The molecule has 1 aliphatic heterocycles. The molecule has 0 amide bonds. The van der Waals surface area contributed by atoms with Gasteiger partial charge in [0.25, 0.3) is 0 Å². The number of halogens is 4. The molecule has 0 aromatic heterocycles. The van der Waals surface area contributed by atoms with Crippen molar-refractivity contribution in [2.75, 3.05) is 51.6 Å². The fourth-order valence-electron chi connectivity index (χ4n) is 2.17. The maximum absolute atomic E-state index is 6.10. The van der Waals surface area contributed by atoms with Crippen LogP contribution < -0.4 is 10.6 Å². The zero-order valence-electron chi connectivity index (χ0n) is 12.8. The van der Waals surface area contributed by atoms with E-state index in [2.05, 4.69) is 27.5 Å². The zero-order chi connectivity index (χ0) is 15.2. The summed E-state index contributed by atoms with van der Waals surface area (Å²) >= 11 is 17.5. The molecule has 0 saturated carbocycles. The Morgan fingerprint density at radius 2 is 1.70 bits per heavy atom. The molecule has 0 radical (unpaired) electrons. The largest absolute Gasteiger partial charge is 0.361 e. The van der Waals surface area contributed by atoms with Crippen molar-refractivity contribution in [3.8, 4) is 0 Å². The molecule has 9 heteroatoms. The van der Waals surface area contributed by atoms with Gasteiger partial charge >= 0.3 is 0 Å².